The number of carbonyl (C=O) groups is 1. The molecule has 2 rings (SSSR count). The fourth-order valence-corrected chi connectivity index (χ4v) is 1.67. The van der Waals surface area contributed by atoms with Crippen molar-refractivity contribution >= 4 is 6.29 Å². The molecule has 0 unspecified atom stereocenters. The Bertz CT molecular complexity index is 505. The molecule has 0 aliphatic carbocycles. The second kappa shape index (κ2) is 4.49. The molecular formula is C13H11F2NO. The van der Waals surface area contributed by atoms with Gasteiger partial charge in [0.15, 0.2) is 6.29 Å². The van der Waals surface area contributed by atoms with E-state index in [9.17, 15) is 13.6 Å². The van der Waals surface area contributed by atoms with Gasteiger partial charge in [-0.25, -0.2) is 0 Å². The molecule has 0 amide bonds. The van der Waals surface area contributed by atoms with Crippen molar-refractivity contribution in [1.29, 1.82) is 0 Å². The second-order valence-electron chi connectivity index (χ2n) is 3.75. The van der Waals surface area contributed by atoms with E-state index in [0.717, 1.165) is 0 Å². The Morgan fingerprint density at radius 1 is 1.12 bits per heavy atom. The quantitative estimate of drug-likeness (QED) is 0.746. The number of hydrogen-bond donors (Lipinski definition) is 0. The first-order valence-corrected chi connectivity index (χ1v) is 5.17. The number of halogens is 2. The Labute approximate surface area is 97.5 Å². The molecule has 0 fully saturated rings. The van der Waals surface area contributed by atoms with Crippen molar-refractivity contribution in [3.05, 3.63) is 59.9 Å². The minimum Gasteiger partial charge on any atom is -0.339 e. The summed E-state index contributed by atoms with van der Waals surface area (Å²) >= 11 is 0. The molecule has 0 aliphatic heterocycles. The topological polar surface area (TPSA) is 22.0 Å². The smallest absolute Gasteiger partial charge is 0.290 e. The fourth-order valence-electron chi connectivity index (χ4n) is 1.67. The summed E-state index contributed by atoms with van der Waals surface area (Å²) in [5.41, 5.74) is 0.200. The third kappa shape index (κ3) is 2.41. The zero-order valence-corrected chi connectivity index (χ0v) is 9.01. The van der Waals surface area contributed by atoms with Crippen molar-refractivity contribution in [3.63, 3.8) is 0 Å². The van der Waals surface area contributed by atoms with E-state index >= 15 is 0 Å². The highest BCUT2D eigenvalue weighted by Gasteiger charge is 2.32. The fraction of sp³-hybridized carbons (Fsp3) is 0.154. The van der Waals surface area contributed by atoms with Gasteiger partial charge >= 0.3 is 0 Å². The van der Waals surface area contributed by atoms with Crippen LogP contribution in [-0.2, 0) is 12.5 Å². The number of carbonyl (C=O) groups excluding carboxylic acids is 1. The zero-order chi connectivity index (χ0) is 12.3. The van der Waals surface area contributed by atoms with Gasteiger partial charge in [0.2, 0.25) is 0 Å². The van der Waals surface area contributed by atoms with Crippen LogP contribution in [0, 0.1) is 0 Å². The van der Waals surface area contributed by atoms with Crippen LogP contribution in [0.15, 0.2) is 48.7 Å². The van der Waals surface area contributed by atoms with Crippen molar-refractivity contribution in [2.24, 2.45) is 0 Å². The minimum atomic E-state index is -2.99. The Kier molecular flexibility index (Phi) is 3.04. The molecule has 0 aliphatic rings. The van der Waals surface area contributed by atoms with Gasteiger partial charge in [-0.3, -0.25) is 4.79 Å². The van der Waals surface area contributed by atoms with Gasteiger partial charge in [0.05, 0.1) is 12.2 Å². The van der Waals surface area contributed by atoms with Gasteiger partial charge in [0, 0.05) is 11.8 Å². The Balaban J connectivity index is 2.26. The van der Waals surface area contributed by atoms with Crippen molar-refractivity contribution in [2.45, 2.75) is 12.5 Å². The molecule has 1 aromatic heterocycles. The summed E-state index contributed by atoms with van der Waals surface area (Å²) in [7, 11) is 0. The number of hydrogen-bond acceptors (Lipinski definition) is 1. The SMILES string of the molecule is O=Cc1cccn1CC(F)(F)c1ccccc1. The molecule has 0 spiro atoms. The highest BCUT2D eigenvalue weighted by molar-refractivity contribution is 5.72. The van der Waals surface area contributed by atoms with Gasteiger partial charge in [0.25, 0.3) is 5.92 Å². The minimum absolute atomic E-state index is 0.0504. The lowest BCUT2D eigenvalue weighted by Crippen LogP contribution is -2.22. The van der Waals surface area contributed by atoms with Gasteiger partial charge in [0.1, 0.15) is 0 Å². The van der Waals surface area contributed by atoms with Crippen LogP contribution in [0.25, 0.3) is 0 Å². The molecule has 0 saturated carbocycles. The monoisotopic (exact) mass is 235 g/mol. The molecule has 0 N–H and O–H groups in total. The number of alkyl halides is 2. The number of aldehydes is 1. The van der Waals surface area contributed by atoms with Crippen LogP contribution < -0.4 is 0 Å². The van der Waals surface area contributed by atoms with Crippen molar-refractivity contribution in [2.75, 3.05) is 0 Å². The average Bonchev–Trinajstić information content (AvgIpc) is 2.77. The number of rotatable bonds is 4. The van der Waals surface area contributed by atoms with Gasteiger partial charge in [-0.05, 0) is 12.1 Å². The molecule has 17 heavy (non-hydrogen) atoms. The van der Waals surface area contributed by atoms with E-state index in [-0.39, 0.29) is 11.3 Å². The molecule has 0 bridgehead atoms. The van der Waals surface area contributed by atoms with Gasteiger partial charge in [-0.15, -0.1) is 0 Å². The summed E-state index contributed by atoms with van der Waals surface area (Å²) < 4.78 is 29.0. The number of nitrogens with zero attached hydrogens (tertiary/aromatic N) is 1. The predicted octanol–water partition coefficient (Wildman–Crippen LogP) is 3.09. The van der Waals surface area contributed by atoms with Crippen molar-refractivity contribution < 1.29 is 13.6 Å². The van der Waals surface area contributed by atoms with Crippen LogP contribution in [0.4, 0.5) is 8.78 Å². The largest absolute Gasteiger partial charge is 0.339 e. The van der Waals surface area contributed by atoms with E-state index in [2.05, 4.69) is 0 Å². The lowest BCUT2D eigenvalue weighted by Gasteiger charge is -2.18. The van der Waals surface area contributed by atoms with E-state index in [1.165, 1.54) is 29.0 Å². The molecule has 2 nitrogen and oxygen atoms in total. The van der Waals surface area contributed by atoms with Gasteiger partial charge in [-0.2, -0.15) is 8.78 Å². The van der Waals surface area contributed by atoms with Crippen LogP contribution in [0.3, 0.4) is 0 Å². The van der Waals surface area contributed by atoms with E-state index in [1.807, 2.05) is 0 Å². The highest BCUT2D eigenvalue weighted by Crippen LogP contribution is 2.29. The number of benzene rings is 1. The standard InChI is InChI=1S/C13H11F2NO/c14-13(15,11-5-2-1-3-6-11)10-16-8-4-7-12(16)9-17/h1-9H,10H2. The summed E-state index contributed by atoms with van der Waals surface area (Å²) in [6, 6.07) is 10.7. The molecular weight excluding hydrogens is 224 g/mol. The summed E-state index contributed by atoms with van der Waals surface area (Å²) in [6.45, 7) is -0.530. The summed E-state index contributed by atoms with van der Waals surface area (Å²) in [5, 5.41) is 0. The molecule has 4 heteroatoms. The molecule has 1 aromatic carbocycles. The van der Waals surface area contributed by atoms with Gasteiger partial charge < -0.3 is 4.57 Å². The maximum absolute atomic E-state index is 13.9. The van der Waals surface area contributed by atoms with Gasteiger partial charge in [-0.1, -0.05) is 30.3 Å². The Hall–Kier alpha value is -1.97. The van der Waals surface area contributed by atoms with Crippen molar-refractivity contribution in [3.8, 4) is 0 Å². The molecule has 0 saturated heterocycles. The lowest BCUT2D eigenvalue weighted by atomic mass is 10.1. The van der Waals surface area contributed by atoms with Crippen LogP contribution in [0.2, 0.25) is 0 Å². The van der Waals surface area contributed by atoms with Crippen LogP contribution in [0.5, 0.6) is 0 Å². The average molecular weight is 235 g/mol. The van der Waals surface area contributed by atoms with E-state index < -0.39 is 12.5 Å². The van der Waals surface area contributed by atoms with Crippen LogP contribution in [0.1, 0.15) is 16.1 Å². The predicted molar refractivity (Wildman–Crippen MR) is 60.2 cm³/mol. The Morgan fingerprint density at radius 3 is 2.47 bits per heavy atom. The lowest BCUT2D eigenvalue weighted by molar-refractivity contribution is -0.0224. The van der Waals surface area contributed by atoms with E-state index in [4.69, 9.17) is 0 Å². The van der Waals surface area contributed by atoms with E-state index in [1.54, 1.807) is 24.3 Å². The normalized spacial score (nSPS) is 11.4. The highest BCUT2D eigenvalue weighted by atomic mass is 19.3. The van der Waals surface area contributed by atoms with Crippen molar-refractivity contribution in [1.82, 2.24) is 4.57 Å². The molecule has 0 radical (unpaired) electrons. The van der Waals surface area contributed by atoms with E-state index in [0.29, 0.717) is 6.29 Å². The molecule has 1 heterocycles. The first-order valence-electron chi connectivity index (χ1n) is 5.17. The first kappa shape index (κ1) is 11.5. The second-order valence-corrected chi connectivity index (χ2v) is 3.75. The molecule has 0 atom stereocenters. The molecule has 88 valence electrons. The maximum atomic E-state index is 13.9. The third-order valence-electron chi connectivity index (χ3n) is 2.55. The van der Waals surface area contributed by atoms with Crippen LogP contribution in [-0.4, -0.2) is 10.9 Å². The third-order valence-corrected chi connectivity index (χ3v) is 2.55. The summed E-state index contributed by atoms with van der Waals surface area (Å²) in [4.78, 5) is 10.6. The maximum Gasteiger partial charge on any atom is 0.290 e. The summed E-state index contributed by atoms with van der Waals surface area (Å²) in [6.07, 6.45) is 2.04. The van der Waals surface area contributed by atoms with Crippen LogP contribution >= 0.6 is 0 Å². The first-order chi connectivity index (χ1) is 8.13. The Morgan fingerprint density at radius 2 is 1.82 bits per heavy atom. The summed E-state index contributed by atoms with van der Waals surface area (Å²) in [5.74, 6) is -2.99. The molecule has 2 aromatic rings. The zero-order valence-electron chi connectivity index (χ0n) is 9.01. The number of aromatic nitrogens is 1.